The van der Waals surface area contributed by atoms with Crippen molar-refractivity contribution in [3.63, 3.8) is 0 Å². The molecule has 0 atom stereocenters. The summed E-state index contributed by atoms with van der Waals surface area (Å²) in [5.74, 6) is -2.01. The Morgan fingerprint density at radius 3 is 1.71 bits per heavy atom. The molecule has 0 fully saturated rings. The van der Waals surface area contributed by atoms with E-state index in [1.807, 2.05) is 0 Å². The maximum absolute atomic E-state index is 13.1. The van der Waals surface area contributed by atoms with Gasteiger partial charge in [0, 0.05) is 19.2 Å². The summed E-state index contributed by atoms with van der Waals surface area (Å²) >= 11 is 0. The minimum absolute atomic E-state index is 0.0343. The average molecular weight is 523 g/mol. The Morgan fingerprint density at radius 1 is 0.800 bits per heavy atom. The quantitative estimate of drug-likeness (QED) is 0.130. The van der Waals surface area contributed by atoms with E-state index in [9.17, 15) is 28.1 Å². The van der Waals surface area contributed by atoms with Gasteiger partial charge in [-0.2, -0.15) is 4.31 Å². The monoisotopic (exact) mass is 522 g/mol. The molecular formula is C20H30N2O12S. The summed E-state index contributed by atoms with van der Waals surface area (Å²) < 4.78 is 48.1. The van der Waals surface area contributed by atoms with E-state index in [1.54, 1.807) is 0 Å². The van der Waals surface area contributed by atoms with Crippen LogP contribution < -0.4 is 0 Å². The van der Waals surface area contributed by atoms with E-state index in [2.05, 4.69) is 0 Å². The number of hydrogen-bond acceptors (Lipinski definition) is 10. The van der Waals surface area contributed by atoms with Crippen LogP contribution in [0.2, 0.25) is 0 Å². The highest BCUT2D eigenvalue weighted by Gasteiger charge is 2.31. The first-order valence-corrected chi connectivity index (χ1v) is 12.1. The molecule has 1 aromatic rings. The third kappa shape index (κ3) is 12.5. The van der Waals surface area contributed by atoms with Crippen LogP contribution in [0.3, 0.4) is 0 Å². The molecule has 0 saturated carbocycles. The highest BCUT2D eigenvalue weighted by atomic mass is 32.2. The SMILES string of the molecule is O=C(O)CCOCCOCCOCCN(CCOCCC(=O)O)S(=O)(=O)c1ccccc1[N+](=O)[O-]. The lowest BCUT2D eigenvalue weighted by Crippen LogP contribution is -2.37. The molecular weight excluding hydrogens is 492 g/mol. The molecule has 0 aliphatic heterocycles. The second-order valence-corrected chi connectivity index (χ2v) is 8.77. The first-order valence-electron chi connectivity index (χ1n) is 10.6. The van der Waals surface area contributed by atoms with Gasteiger partial charge in [-0.1, -0.05) is 12.1 Å². The smallest absolute Gasteiger partial charge is 0.305 e. The van der Waals surface area contributed by atoms with Gasteiger partial charge in [0.2, 0.25) is 10.0 Å². The zero-order valence-corrected chi connectivity index (χ0v) is 19.9. The van der Waals surface area contributed by atoms with Gasteiger partial charge in [0.25, 0.3) is 5.69 Å². The Bertz CT molecular complexity index is 909. The number of sulfonamides is 1. The maximum atomic E-state index is 13.1. The lowest BCUT2D eigenvalue weighted by Gasteiger charge is -2.22. The summed E-state index contributed by atoms with van der Waals surface area (Å²) in [5.41, 5.74) is -0.566. The molecule has 15 heteroatoms. The summed E-state index contributed by atoms with van der Waals surface area (Å²) in [6.07, 6.45) is -0.343. The van der Waals surface area contributed by atoms with Crippen molar-refractivity contribution in [1.82, 2.24) is 4.31 Å². The predicted octanol–water partition coefficient (Wildman–Crippen LogP) is 0.601. The van der Waals surface area contributed by atoms with Crippen LogP contribution in [0.15, 0.2) is 29.2 Å². The number of rotatable bonds is 21. The zero-order valence-electron chi connectivity index (χ0n) is 19.1. The van der Waals surface area contributed by atoms with Crippen molar-refractivity contribution in [3.05, 3.63) is 34.4 Å². The minimum Gasteiger partial charge on any atom is -0.481 e. The van der Waals surface area contributed by atoms with Gasteiger partial charge in [-0.25, -0.2) is 8.42 Å². The van der Waals surface area contributed by atoms with Crippen LogP contribution in [-0.2, 0) is 38.6 Å². The molecule has 198 valence electrons. The van der Waals surface area contributed by atoms with Gasteiger partial charge in [-0.05, 0) is 6.07 Å². The molecule has 2 N–H and O–H groups in total. The highest BCUT2D eigenvalue weighted by Crippen LogP contribution is 2.26. The number of nitro groups is 1. The Kier molecular flexibility index (Phi) is 14.6. The van der Waals surface area contributed by atoms with Crippen LogP contribution in [-0.4, -0.2) is 106 Å². The van der Waals surface area contributed by atoms with Crippen molar-refractivity contribution in [2.45, 2.75) is 17.7 Å². The molecule has 0 radical (unpaired) electrons. The van der Waals surface area contributed by atoms with Crippen molar-refractivity contribution in [2.24, 2.45) is 0 Å². The summed E-state index contributed by atoms with van der Waals surface area (Å²) in [5, 5.41) is 28.4. The molecule has 0 unspecified atom stereocenters. The molecule has 0 bridgehead atoms. The predicted molar refractivity (Wildman–Crippen MR) is 120 cm³/mol. The molecule has 0 aliphatic carbocycles. The lowest BCUT2D eigenvalue weighted by atomic mass is 10.3. The molecule has 0 amide bonds. The van der Waals surface area contributed by atoms with E-state index in [-0.39, 0.29) is 78.8 Å². The van der Waals surface area contributed by atoms with Gasteiger partial charge in [0.15, 0.2) is 4.90 Å². The molecule has 0 aliphatic rings. The van der Waals surface area contributed by atoms with Crippen molar-refractivity contribution < 1.29 is 52.1 Å². The molecule has 0 spiro atoms. The Balaban J connectivity index is 2.56. The van der Waals surface area contributed by atoms with Gasteiger partial charge in [-0.15, -0.1) is 0 Å². The third-order valence-electron chi connectivity index (χ3n) is 4.31. The standard InChI is InChI=1S/C20H30N2O12S/c23-19(24)5-9-31-11-7-21(35(29,30)18-4-2-1-3-17(18)22(27)28)8-12-33-14-16-34-15-13-32-10-6-20(25)26/h1-4H,5-16H2,(H,23,24)(H,25,26). The number of para-hydroxylation sites is 1. The van der Waals surface area contributed by atoms with Crippen molar-refractivity contribution in [3.8, 4) is 0 Å². The number of carbonyl (C=O) groups is 2. The summed E-state index contributed by atoms with van der Waals surface area (Å²) in [4.78, 5) is 31.0. The van der Waals surface area contributed by atoms with E-state index in [0.717, 1.165) is 16.4 Å². The third-order valence-corrected chi connectivity index (χ3v) is 6.26. The van der Waals surface area contributed by atoms with Crippen molar-refractivity contribution >= 4 is 27.6 Å². The maximum Gasteiger partial charge on any atom is 0.305 e. The largest absolute Gasteiger partial charge is 0.481 e. The fourth-order valence-electron chi connectivity index (χ4n) is 2.61. The number of hydrogen-bond donors (Lipinski definition) is 2. The number of nitro benzene ring substituents is 1. The number of carboxylic acid groups (broad SMARTS) is 2. The number of ether oxygens (including phenoxy) is 4. The fraction of sp³-hybridized carbons (Fsp3) is 0.600. The van der Waals surface area contributed by atoms with E-state index in [0.29, 0.717) is 0 Å². The van der Waals surface area contributed by atoms with Gasteiger partial charge >= 0.3 is 11.9 Å². The molecule has 35 heavy (non-hydrogen) atoms. The molecule has 14 nitrogen and oxygen atoms in total. The average Bonchev–Trinajstić information content (AvgIpc) is 2.80. The fourth-order valence-corrected chi connectivity index (χ4v) is 4.18. The van der Waals surface area contributed by atoms with Gasteiger partial charge in [0.1, 0.15) is 0 Å². The van der Waals surface area contributed by atoms with Crippen LogP contribution in [0.4, 0.5) is 5.69 Å². The van der Waals surface area contributed by atoms with Crippen molar-refractivity contribution in [2.75, 3.05) is 65.9 Å². The number of benzene rings is 1. The van der Waals surface area contributed by atoms with E-state index in [4.69, 9.17) is 29.2 Å². The van der Waals surface area contributed by atoms with Crippen LogP contribution in [0.25, 0.3) is 0 Å². The molecule has 0 heterocycles. The van der Waals surface area contributed by atoms with Crippen LogP contribution in [0.5, 0.6) is 0 Å². The van der Waals surface area contributed by atoms with Gasteiger partial charge < -0.3 is 29.2 Å². The topological polar surface area (TPSA) is 192 Å². The van der Waals surface area contributed by atoms with E-state index >= 15 is 0 Å². The van der Waals surface area contributed by atoms with E-state index < -0.39 is 37.5 Å². The number of nitrogens with zero attached hydrogens (tertiary/aromatic N) is 2. The zero-order chi connectivity index (χ0) is 26.1. The molecule has 1 rings (SSSR count). The first kappa shape index (κ1) is 30.3. The Labute approximate surface area is 202 Å². The molecule has 1 aromatic carbocycles. The van der Waals surface area contributed by atoms with E-state index in [1.165, 1.54) is 12.1 Å². The molecule has 0 saturated heterocycles. The second-order valence-electron chi connectivity index (χ2n) is 6.87. The Morgan fingerprint density at radius 2 is 1.23 bits per heavy atom. The highest BCUT2D eigenvalue weighted by molar-refractivity contribution is 7.89. The van der Waals surface area contributed by atoms with Crippen LogP contribution >= 0.6 is 0 Å². The Hall–Kier alpha value is -2.69. The van der Waals surface area contributed by atoms with Crippen LogP contribution in [0, 0.1) is 10.1 Å². The summed E-state index contributed by atoms with van der Waals surface area (Å²) in [6, 6.07) is 4.96. The van der Waals surface area contributed by atoms with Crippen molar-refractivity contribution in [1.29, 1.82) is 0 Å². The minimum atomic E-state index is -4.27. The second kappa shape index (κ2) is 16.9. The normalized spacial score (nSPS) is 11.6. The number of aliphatic carboxylic acids is 2. The van der Waals surface area contributed by atoms with Crippen LogP contribution in [0.1, 0.15) is 12.8 Å². The summed E-state index contributed by atoms with van der Waals surface area (Å²) in [6.45, 7) is 0.316. The molecule has 0 aromatic heterocycles. The van der Waals surface area contributed by atoms with Gasteiger partial charge in [0.05, 0.1) is 70.6 Å². The first-order chi connectivity index (χ1) is 16.7. The number of carboxylic acids is 2. The summed E-state index contributed by atoms with van der Waals surface area (Å²) in [7, 11) is -4.27. The van der Waals surface area contributed by atoms with Gasteiger partial charge in [-0.3, -0.25) is 19.7 Å². The lowest BCUT2D eigenvalue weighted by molar-refractivity contribution is -0.387.